The number of carbonyl (C=O) groups excluding carboxylic acids is 2. The van der Waals surface area contributed by atoms with Gasteiger partial charge in [-0.05, 0) is 54.5 Å². The van der Waals surface area contributed by atoms with Gasteiger partial charge >= 0.3 is 6.09 Å². The first-order chi connectivity index (χ1) is 20.6. The molecule has 7 rings (SSSR count). The van der Waals surface area contributed by atoms with E-state index in [1.807, 2.05) is 17.3 Å². The smallest absolute Gasteiger partial charge is 0.407 e. The van der Waals surface area contributed by atoms with Gasteiger partial charge in [0.2, 0.25) is 5.91 Å². The van der Waals surface area contributed by atoms with Gasteiger partial charge in [0.25, 0.3) is 0 Å². The van der Waals surface area contributed by atoms with Crippen LogP contribution in [0.15, 0.2) is 60.9 Å². The van der Waals surface area contributed by atoms with E-state index in [1.165, 1.54) is 13.5 Å². The molecule has 3 aliphatic heterocycles. The average molecular weight is 584 g/mol. The molecule has 42 heavy (non-hydrogen) atoms. The molecule has 5 heterocycles. The van der Waals surface area contributed by atoms with Gasteiger partial charge < -0.3 is 30.2 Å². The lowest BCUT2D eigenvalue weighted by Gasteiger charge is -2.36. The lowest BCUT2D eigenvalue weighted by molar-refractivity contribution is -0.138. The molecule has 0 bridgehead atoms. The van der Waals surface area contributed by atoms with Crippen molar-refractivity contribution in [3.63, 3.8) is 0 Å². The van der Waals surface area contributed by atoms with Crippen molar-refractivity contribution in [1.29, 1.82) is 0 Å². The van der Waals surface area contributed by atoms with E-state index in [2.05, 4.69) is 79.1 Å². The van der Waals surface area contributed by atoms with Crippen LogP contribution in [-0.4, -0.2) is 67.7 Å². The molecule has 0 radical (unpaired) electrons. The highest BCUT2D eigenvalue weighted by Gasteiger charge is 2.46. The van der Waals surface area contributed by atoms with E-state index >= 15 is 0 Å². The van der Waals surface area contributed by atoms with Crippen molar-refractivity contribution in [2.24, 2.45) is 0 Å². The fourth-order valence-corrected chi connectivity index (χ4v) is 7.59. The number of thioether (sulfide) groups is 1. The second-order valence-corrected chi connectivity index (χ2v) is 12.2. The molecule has 4 atom stereocenters. The predicted molar refractivity (Wildman–Crippen MR) is 161 cm³/mol. The zero-order valence-electron chi connectivity index (χ0n) is 23.3. The number of fused-ring (bicyclic) bond motifs is 1. The summed E-state index contributed by atoms with van der Waals surface area (Å²) in [5.74, 6) is 2.45. The lowest BCUT2D eigenvalue weighted by atomic mass is 10.0. The summed E-state index contributed by atoms with van der Waals surface area (Å²) in [7, 11) is 1.30. The maximum absolute atomic E-state index is 13.2. The average Bonchev–Trinajstić information content (AvgIpc) is 3.85. The van der Waals surface area contributed by atoms with Crippen LogP contribution in [0.1, 0.15) is 49.4 Å². The van der Waals surface area contributed by atoms with Gasteiger partial charge in [0.1, 0.15) is 17.7 Å². The Morgan fingerprint density at radius 2 is 1.52 bits per heavy atom. The number of carbonyl (C=O) groups is 2. The van der Waals surface area contributed by atoms with Gasteiger partial charge in [-0.25, -0.2) is 14.8 Å². The molecule has 0 saturated carbocycles. The predicted octanol–water partition coefficient (Wildman–Crippen LogP) is 5.02. The molecule has 11 heteroatoms. The molecule has 2 amide bonds. The van der Waals surface area contributed by atoms with Crippen molar-refractivity contribution in [2.45, 2.75) is 49.2 Å². The monoisotopic (exact) mass is 583 g/mol. The quantitative estimate of drug-likeness (QED) is 0.251. The topological polar surface area (TPSA) is 128 Å². The normalized spacial score (nSPS) is 23.6. The molecule has 3 saturated heterocycles. The first-order valence-corrected chi connectivity index (χ1v) is 15.4. The van der Waals surface area contributed by atoms with E-state index in [4.69, 9.17) is 4.74 Å². The summed E-state index contributed by atoms with van der Waals surface area (Å²) in [6, 6.07) is 16.5. The van der Waals surface area contributed by atoms with Crippen LogP contribution in [0.2, 0.25) is 0 Å². The Bertz CT molecular complexity index is 1580. The summed E-state index contributed by atoms with van der Waals surface area (Å²) in [6.07, 6.45) is 6.90. The molecule has 2 aromatic carbocycles. The van der Waals surface area contributed by atoms with Gasteiger partial charge in [0.05, 0.1) is 48.3 Å². The molecule has 216 valence electrons. The number of methoxy groups -OCH3 is 1. The number of ether oxygens (including phenoxy) is 1. The maximum Gasteiger partial charge on any atom is 0.407 e. The molecule has 0 aliphatic carbocycles. The van der Waals surface area contributed by atoms with E-state index in [0.717, 1.165) is 70.4 Å². The van der Waals surface area contributed by atoms with Gasteiger partial charge in [0, 0.05) is 5.75 Å². The molecular formula is C31H33N7O3S. The number of H-pyrrole nitrogens is 2. The Labute approximate surface area is 248 Å². The number of aromatic nitrogens is 4. The van der Waals surface area contributed by atoms with Gasteiger partial charge in [-0.15, -0.1) is 11.8 Å². The third kappa shape index (κ3) is 5.07. The summed E-state index contributed by atoms with van der Waals surface area (Å²) >= 11 is 1.76. The van der Waals surface area contributed by atoms with Crippen LogP contribution in [-0.2, 0) is 9.53 Å². The summed E-state index contributed by atoms with van der Waals surface area (Å²) in [5.41, 5.74) is 6.34. The standard InChI is InChI=1S/C31H33N7O3S/c1-41-31(40)37-23-12-13-27-38(30(23)39)26(17-42-27)29-34-16-25(36-29)21-10-6-19(7-11-21)18-4-8-20(9-5-18)24-15-33-28(35-24)22-3-2-14-32-22/h4-11,15-16,22-23,26-27,32H,2-3,12-14,17H2,1H3,(H,33,35)(H,34,36)(H,37,40)/t22-,23-,26-,27-/m0/s1. The van der Waals surface area contributed by atoms with Crippen LogP contribution in [0.3, 0.4) is 0 Å². The number of nitrogens with one attached hydrogen (secondary N) is 4. The van der Waals surface area contributed by atoms with E-state index in [1.54, 1.807) is 11.8 Å². The molecule has 4 N–H and O–H groups in total. The first kappa shape index (κ1) is 26.8. The maximum atomic E-state index is 13.2. The van der Waals surface area contributed by atoms with Crippen LogP contribution >= 0.6 is 11.8 Å². The number of alkyl carbamates (subject to hydrolysis) is 1. The minimum atomic E-state index is -0.585. The van der Waals surface area contributed by atoms with Crippen molar-refractivity contribution < 1.29 is 14.3 Å². The second-order valence-electron chi connectivity index (χ2n) is 11.0. The van der Waals surface area contributed by atoms with Crippen LogP contribution in [0, 0.1) is 0 Å². The number of aromatic amines is 2. The number of benzene rings is 2. The van der Waals surface area contributed by atoms with Crippen molar-refractivity contribution in [3.05, 3.63) is 72.6 Å². The lowest BCUT2D eigenvalue weighted by Crippen LogP contribution is -2.54. The summed E-state index contributed by atoms with van der Waals surface area (Å²) in [6.45, 7) is 1.05. The van der Waals surface area contributed by atoms with E-state index < -0.39 is 12.1 Å². The first-order valence-electron chi connectivity index (χ1n) is 14.4. The van der Waals surface area contributed by atoms with Crippen molar-refractivity contribution in [3.8, 4) is 33.6 Å². The molecular weight excluding hydrogens is 550 g/mol. The second kappa shape index (κ2) is 11.3. The Morgan fingerprint density at radius 3 is 2.14 bits per heavy atom. The highest BCUT2D eigenvalue weighted by Crippen LogP contribution is 2.43. The highest BCUT2D eigenvalue weighted by molar-refractivity contribution is 8.00. The van der Waals surface area contributed by atoms with Crippen LogP contribution in [0.25, 0.3) is 33.6 Å². The number of imidazole rings is 2. The van der Waals surface area contributed by atoms with Gasteiger partial charge in [-0.2, -0.15) is 0 Å². The molecule has 2 aromatic heterocycles. The van der Waals surface area contributed by atoms with Crippen LogP contribution < -0.4 is 10.6 Å². The van der Waals surface area contributed by atoms with E-state index in [9.17, 15) is 9.59 Å². The summed E-state index contributed by atoms with van der Waals surface area (Å²) in [5, 5.41) is 6.26. The molecule has 3 fully saturated rings. The summed E-state index contributed by atoms with van der Waals surface area (Å²) in [4.78, 5) is 43.0. The Hall–Kier alpha value is -4.09. The molecule has 10 nitrogen and oxygen atoms in total. The zero-order valence-corrected chi connectivity index (χ0v) is 24.1. The molecule has 3 aliphatic rings. The summed E-state index contributed by atoms with van der Waals surface area (Å²) < 4.78 is 4.70. The number of hydrogen-bond donors (Lipinski definition) is 4. The molecule has 4 aromatic rings. The van der Waals surface area contributed by atoms with Gasteiger partial charge in [-0.3, -0.25) is 4.79 Å². The van der Waals surface area contributed by atoms with E-state index in [0.29, 0.717) is 12.5 Å². The molecule has 0 spiro atoms. The van der Waals surface area contributed by atoms with Crippen LogP contribution in [0.4, 0.5) is 4.79 Å². The minimum absolute atomic E-state index is 0.0845. The third-order valence-electron chi connectivity index (χ3n) is 8.45. The fourth-order valence-electron chi connectivity index (χ4n) is 6.16. The van der Waals surface area contributed by atoms with Crippen molar-refractivity contribution in [2.75, 3.05) is 19.4 Å². The van der Waals surface area contributed by atoms with Crippen LogP contribution in [0.5, 0.6) is 0 Å². The number of nitrogens with zero attached hydrogens (tertiary/aromatic N) is 3. The third-order valence-corrected chi connectivity index (χ3v) is 9.80. The number of hydrogen-bond acceptors (Lipinski definition) is 7. The fraction of sp³-hybridized carbons (Fsp3) is 0.355. The number of piperidine rings is 1. The number of amides is 2. The SMILES string of the molecule is COC(=O)N[C@H]1CC[C@@H]2SC[C@@H](c3ncc(-c4ccc(-c5ccc(-c6cnc([C@@H]7CCCN7)[nH]6)cc5)cc4)[nH]3)N2C1=O. The molecule has 0 unspecified atom stereocenters. The minimum Gasteiger partial charge on any atom is -0.453 e. The van der Waals surface area contributed by atoms with Crippen molar-refractivity contribution >= 4 is 23.8 Å². The zero-order chi connectivity index (χ0) is 28.6. The highest BCUT2D eigenvalue weighted by atomic mass is 32.2. The van der Waals surface area contributed by atoms with Gasteiger partial charge in [-0.1, -0.05) is 48.5 Å². The van der Waals surface area contributed by atoms with Gasteiger partial charge in [0.15, 0.2) is 0 Å². The largest absolute Gasteiger partial charge is 0.453 e. The van der Waals surface area contributed by atoms with Crippen molar-refractivity contribution in [1.82, 2.24) is 35.5 Å². The Balaban J connectivity index is 1.03. The Morgan fingerprint density at radius 1 is 0.905 bits per heavy atom. The Kier molecular flexibility index (Phi) is 7.20. The number of rotatable bonds is 6. The van der Waals surface area contributed by atoms with E-state index in [-0.39, 0.29) is 17.3 Å².